The summed E-state index contributed by atoms with van der Waals surface area (Å²) in [6, 6.07) is 0. The van der Waals surface area contributed by atoms with Crippen molar-refractivity contribution in [1.82, 2.24) is 20.6 Å². The van der Waals surface area contributed by atoms with E-state index in [1.54, 1.807) is 0 Å². The number of rotatable bonds is 4. The zero-order chi connectivity index (χ0) is 14.1. The van der Waals surface area contributed by atoms with Crippen LogP contribution in [0.3, 0.4) is 0 Å². The van der Waals surface area contributed by atoms with Gasteiger partial charge in [0.15, 0.2) is 0 Å². The minimum Gasteiger partial charge on any atom is -0.489 e. The number of aromatic amines is 1. The fraction of sp³-hybridized carbons (Fsp3) is 0.500. The maximum absolute atomic E-state index is 12.3. The van der Waals surface area contributed by atoms with E-state index in [9.17, 15) is 4.79 Å². The molecule has 0 saturated heterocycles. The van der Waals surface area contributed by atoms with Crippen molar-refractivity contribution in [2.45, 2.75) is 39.2 Å². The van der Waals surface area contributed by atoms with E-state index in [1.165, 1.54) is 21.8 Å². The third-order valence-electron chi connectivity index (χ3n) is 3.00. The zero-order valence-corrected chi connectivity index (χ0v) is 12.1. The number of anilines is 1. The minimum absolute atomic E-state index is 0.0334. The number of hydrogen-bond acceptors (Lipinski definition) is 6. The van der Waals surface area contributed by atoms with Gasteiger partial charge in [-0.2, -0.15) is 5.21 Å². The molecular weight excluding hydrogens is 278 g/mol. The summed E-state index contributed by atoms with van der Waals surface area (Å²) < 4.78 is 5.85. The molecule has 0 aliphatic heterocycles. The van der Waals surface area contributed by atoms with Crippen molar-refractivity contribution in [1.29, 1.82) is 0 Å². The summed E-state index contributed by atoms with van der Waals surface area (Å²) >= 11 is 1.50. The van der Waals surface area contributed by atoms with E-state index < -0.39 is 0 Å². The van der Waals surface area contributed by atoms with Gasteiger partial charge in [0.25, 0.3) is 11.9 Å². The monoisotopic (exact) mass is 293 g/mol. The number of hydrogen-bond donors (Lipinski definition) is 2. The van der Waals surface area contributed by atoms with Crippen LogP contribution >= 0.6 is 11.3 Å². The van der Waals surface area contributed by atoms with Gasteiger partial charge in [0.05, 0.1) is 6.10 Å². The predicted octanol–water partition coefficient (Wildman–Crippen LogP) is 1.79. The van der Waals surface area contributed by atoms with Gasteiger partial charge in [-0.05, 0) is 38.3 Å². The average molecular weight is 293 g/mol. The molecule has 0 bridgehead atoms. The molecule has 106 valence electrons. The Bertz CT molecular complexity index is 620. The summed E-state index contributed by atoms with van der Waals surface area (Å²) in [6.07, 6.45) is 3.15. The highest BCUT2D eigenvalue weighted by molar-refractivity contribution is 7.14. The molecule has 20 heavy (non-hydrogen) atoms. The highest BCUT2D eigenvalue weighted by Crippen LogP contribution is 2.41. The molecule has 3 rings (SSSR count). The van der Waals surface area contributed by atoms with Crippen LogP contribution < -0.4 is 10.1 Å². The van der Waals surface area contributed by atoms with E-state index in [0.29, 0.717) is 4.88 Å². The number of H-pyrrole nitrogens is 1. The first kappa shape index (κ1) is 13.0. The Morgan fingerprint density at radius 1 is 1.45 bits per heavy atom. The number of carbonyl (C=O) groups is 1. The number of carbonyl (C=O) groups excluding carboxylic acids is 1. The highest BCUT2D eigenvalue weighted by atomic mass is 32.1. The third kappa shape index (κ3) is 2.38. The molecule has 0 radical (unpaired) electrons. The Kier molecular flexibility index (Phi) is 3.39. The first-order valence-electron chi connectivity index (χ1n) is 6.51. The van der Waals surface area contributed by atoms with Gasteiger partial charge in [0, 0.05) is 10.4 Å². The molecule has 2 aromatic rings. The quantitative estimate of drug-likeness (QED) is 0.896. The van der Waals surface area contributed by atoms with Crippen LogP contribution in [0.1, 0.15) is 40.4 Å². The van der Waals surface area contributed by atoms with Crippen molar-refractivity contribution in [2.24, 2.45) is 0 Å². The first-order valence-corrected chi connectivity index (χ1v) is 7.32. The minimum atomic E-state index is -0.249. The number of fused-ring (bicyclic) bond motifs is 1. The molecule has 0 unspecified atom stereocenters. The van der Waals surface area contributed by atoms with Crippen molar-refractivity contribution in [3.8, 4) is 5.75 Å². The van der Waals surface area contributed by atoms with Crippen LogP contribution in [0.2, 0.25) is 0 Å². The molecular formula is C12H15N5O2S. The van der Waals surface area contributed by atoms with Gasteiger partial charge < -0.3 is 4.74 Å². The molecule has 1 aliphatic rings. The maximum Gasteiger partial charge on any atom is 0.272 e. The van der Waals surface area contributed by atoms with Crippen LogP contribution in [0, 0.1) is 0 Å². The van der Waals surface area contributed by atoms with Crippen LogP contribution in [-0.2, 0) is 12.8 Å². The predicted molar refractivity (Wildman–Crippen MR) is 74.2 cm³/mol. The smallest absolute Gasteiger partial charge is 0.272 e. The van der Waals surface area contributed by atoms with Crippen molar-refractivity contribution in [3.05, 3.63) is 15.3 Å². The number of aromatic nitrogens is 4. The third-order valence-corrected chi connectivity index (χ3v) is 4.28. The van der Waals surface area contributed by atoms with Crippen molar-refractivity contribution < 1.29 is 9.53 Å². The molecule has 2 aromatic heterocycles. The Morgan fingerprint density at radius 3 is 3.00 bits per heavy atom. The summed E-state index contributed by atoms with van der Waals surface area (Å²) in [5, 5.41) is 15.8. The number of ether oxygens (including phenoxy) is 1. The maximum atomic E-state index is 12.3. The lowest BCUT2D eigenvalue weighted by molar-refractivity contribution is 0.102. The normalized spacial score (nSPS) is 13.6. The fourth-order valence-corrected chi connectivity index (χ4v) is 3.48. The van der Waals surface area contributed by atoms with Crippen molar-refractivity contribution in [2.75, 3.05) is 5.32 Å². The van der Waals surface area contributed by atoms with Gasteiger partial charge in [0.1, 0.15) is 10.6 Å². The standard InChI is InChI=1S/C12H15N5O2S/c1-6(2)19-9-7-4-3-5-8(7)20-10(9)11(18)13-12-14-16-17-15-12/h6H,3-5H2,1-2H3,(H2,13,14,15,16,17,18). The molecule has 0 aromatic carbocycles. The molecule has 0 saturated carbocycles. The molecule has 1 aliphatic carbocycles. The van der Waals surface area contributed by atoms with Crippen molar-refractivity contribution >= 4 is 23.2 Å². The molecule has 8 heteroatoms. The lowest BCUT2D eigenvalue weighted by Crippen LogP contribution is -2.15. The van der Waals surface area contributed by atoms with E-state index >= 15 is 0 Å². The van der Waals surface area contributed by atoms with Crippen molar-refractivity contribution in [3.63, 3.8) is 0 Å². The van der Waals surface area contributed by atoms with Crippen LogP contribution in [-0.4, -0.2) is 32.6 Å². The van der Waals surface area contributed by atoms with Crippen LogP contribution in [0.15, 0.2) is 0 Å². The SMILES string of the molecule is CC(C)Oc1c(C(=O)Nc2nn[nH]n2)sc2c1CCC2. The zero-order valence-electron chi connectivity index (χ0n) is 11.3. The van der Waals surface area contributed by atoms with E-state index in [2.05, 4.69) is 25.9 Å². The van der Waals surface area contributed by atoms with E-state index in [0.717, 1.165) is 25.0 Å². The Hall–Kier alpha value is -1.96. The molecule has 2 heterocycles. The number of nitrogens with zero attached hydrogens (tertiary/aromatic N) is 3. The summed E-state index contributed by atoms with van der Waals surface area (Å²) in [6.45, 7) is 3.92. The van der Waals surface area contributed by atoms with Crippen LogP contribution in [0.5, 0.6) is 5.75 Å². The second-order valence-electron chi connectivity index (χ2n) is 4.87. The Labute approximate surface area is 119 Å². The number of aryl methyl sites for hydroxylation is 1. The van der Waals surface area contributed by atoms with E-state index in [1.807, 2.05) is 13.8 Å². The molecule has 1 amide bonds. The van der Waals surface area contributed by atoms with Crippen LogP contribution in [0.25, 0.3) is 0 Å². The number of thiophene rings is 1. The summed E-state index contributed by atoms with van der Waals surface area (Å²) in [5.41, 5.74) is 1.18. The largest absolute Gasteiger partial charge is 0.489 e. The summed E-state index contributed by atoms with van der Waals surface area (Å²) in [7, 11) is 0. The molecule has 0 fully saturated rings. The fourth-order valence-electron chi connectivity index (χ4n) is 2.26. The lowest BCUT2D eigenvalue weighted by atomic mass is 10.2. The Morgan fingerprint density at radius 2 is 2.30 bits per heavy atom. The molecule has 0 spiro atoms. The van der Waals surface area contributed by atoms with Gasteiger partial charge in [-0.1, -0.05) is 5.10 Å². The van der Waals surface area contributed by atoms with Crippen LogP contribution in [0.4, 0.5) is 5.95 Å². The topological polar surface area (TPSA) is 92.8 Å². The van der Waals surface area contributed by atoms with Gasteiger partial charge in [-0.3, -0.25) is 10.1 Å². The average Bonchev–Trinajstić information content (AvgIpc) is 3.06. The highest BCUT2D eigenvalue weighted by Gasteiger charge is 2.28. The van der Waals surface area contributed by atoms with Gasteiger partial charge in [-0.25, -0.2) is 0 Å². The number of tetrazole rings is 1. The second kappa shape index (κ2) is 5.20. The Balaban J connectivity index is 1.90. The van der Waals surface area contributed by atoms with Gasteiger partial charge in [-0.15, -0.1) is 16.4 Å². The molecule has 7 nitrogen and oxygen atoms in total. The number of nitrogens with one attached hydrogen (secondary N) is 2. The van der Waals surface area contributed by atoms with Gasteiger partial charge >= 0.3 is 0 Å². The first-order chi connectivity index (χ1) is 9.65. The second-order valence-corrected chi connectivity index (χ2v) is 5.98. The lowest BCUT2D eigenvalue weighted by Gasteiger charge is -2.12. The number of amides is 1. The molecule has 0 atom stereocenters. The van der Waals surface area contributed by atoms with E-state index in [4.69, 9.17) is 4.74 Å². The van der Waals surface area contributed by atoms with Gasteiger partial charge in [0.2, 0.25) is 0 Å². The molecule has 2 N–H and O–H groups in total. The summed E-state index contributed by atoms with van der Waals surface area (Å²) in [4.78, 5) is 14.2. The van der Waals surface area contributed by atoms with E-state index in [-0.39, 0.29) is 18.0 Å². The summed E-state index contributed by atoms with van der Waals surface area (Å²) in [5.74, 6) is 0.638.